The molecule has 1 amide bonds. The van der Waals surface area contributed by atoms with Crippen molar-refractivity contribution in [2.24, 2.45) is 0 Å². The van der Waals surface area contributed by atoms with E-state index in [1.807, 2.05) is 0 Å². The minimum atomic E-state index is -4.48. The summed E-state index contributed by atoms with van der Waals surface area (Å²) in [7, 11) is -4.00. The molecule has 0 aliphatic rings. The molecule has 0 aliphatic carbocycles. The van der Waals surface area contributed by atoms with Gasteiger partial charge in [0.1, 0.15) is 4.90 Å². The maximum absolute atomic E-state index is 12.8. The summed E-state index contributed by atoms with van der Waals surface area (Å²) in [5, 5.41) is 4.04. The third-order valence-corrected chi connectivity index (χ3v) is 6.48. The van der Waals surface area contributed by atoms with Crippen molar-refractivity contribution >= 4 is 44.0 Å². The number of sulfonamides is 1. The third kappa shape index (κ3) is 5.29. The minimum absolute atomic E-state index is 0.0557. The van der Waals surface area contributed by atoms with Crippen molar-refractivity contribution in [1.29, 1.82) is 0 Å². The average Bonchev–Trinajstić information content (AvgIpc) is 3.17. The van der Waals surface area contributed by atoms with E-state index in [0.29, 0.717) is 0 Å². The van der Waals surface area contributed by atoms with Crippen molar-refractivity contribution in [2.75, 3.05) is 4.72 Å². The Morgan fingerprint density at radius 1 is 1.17 bits per heavy atom. The maximum atomic E-state index is 12.8. The predicted molar refractivity (Wildman–Crippen MR) is 107 cm³/mol. The van der Waals surface area contributed by atoms with E-state index in [1.165, 1.54) is 30.5 Å². The molecule has 30 heavy (non-hydrogen) atoms. The van der Waals surface area contributed by atoms with E-state index in [-0.39, 0.29) is 32.7 Å². The van der Waals surface area contributed by atoms with Crippen LogP contribution in [0.5, 0.6) is 0 Å². The van der Waals surface area contributed by atoms with Gasteiger partial charge in [-0.15, -0.1) is 11.3 Å². The Kier molecular flexibility index (Phi) is 6.34. The SMILES string of the molecule is O=C(NCc1cccc(C(F)(F)F)c1)c1ccc(S(=O)(=O)Nc2nccs2)c(Cl)c1. The Morgan fingerprint density at radius 2 is 1.93 bits per heavy atom. The van der Waals surface area contributed by atoms with Gasteiger partial charge in [0, 0.05) is 23.7 Å². The zero-order valence-electron chi connectivity index (χ0n) is 14.9. The Bertz CT molecular complexity index is 1170. The monoisotopic (exact) mass is 475 g/mol. The van der Waals surface area contributed by atoms with E-state index >= 15 is 0 Å². The van der Waals surface area contributed by atoms with Gasteiger partial charge in [0.15, 0.2) is 5.13 Å². The summed E-state index contributed by atoms with van der Waals surface area (Å²) in [6.45, 7) is -0.147. The molecular formula is C18H13ClF3N3O3S2. The lowest BCUT2D eigenvalue weighted by molar-refractivity contribution is -0.137. The van der Waals surface area contributed by atoms with Crippen LogP contribution in [0.15, 0.2) is 58.9 Å². The molecule has 1 aromatic heterocycles. The van der Waals surface area contributed by atoms with E-state index in [0.717, 1.165) is 29.5 Å². The van der Waals surface area contributed by atoms with Gasteiger partial charge in [-0.05, 0) is 35.9 Å². The predicted octanol–water partition coefficient (Wildman–Crippen LogP) is 4.55. The molecule has 2 N–H and O–H groups in total. The van der Waals surface area contributed by atoms with Gasteiger partial charge in [0.25, 0.3) is 15.9 Å². The van der Waals surface area contributed by atoms with E-state index in [4.69, 9.17) is 11.6 Å². The topological polar surface area (TPSA) is 88.2 Å². The van der Waals surface area contributed by atoms with Crippen LogP contribution in [-0.4, -0.2) is 19.3 Å². The molecule has 0 atom stereocenters. The molecule has 0 aliphatic heterocycles. The number of carbonyl (C=O) groups excluding carboxylic acids is 1. The zero-order chi connectivity index (χ0) is 21.9. The van der Waals surface area contributed by atoms with Gasteiger partial charge in [-0.1, -0.05) is 23.7 Å². The van der Waals surface area contributed by atoms with E-state index in [1.54, 1.807) is 5.38 Å². The summed E-state index contributed by atoms with van der Waals surface area (Å²) >= 11 is 7.13. The van der Waals surface area contributed by atoms with Crippen LogP contribution < -0.4 is 10.0 Å². The summed E-state index contributed by atoms with van der Waals surface area (Å²) in [6, 6.07) is 8.15. The van der Waals surface area contributed by atoms with Gasteiger partial charge in [-0.3, -0.25) is 9.52 Å². The van der Waals surface area contributed by atoms with Crippen LogP contribution in [0.4, 0.5) is 18.3 Å². The van der Waals surface area contributed by atoms with Crippen molar-refractivity contribution in [3.63, 3.8) is 0 Å². The molecule has 0 saturated carbocycles. The van der Waals surface area contributed by atoms with Crippen molar-refractivity contribution in [2.45, 2.75) is 17.6 Å². The molecule has 3 aromatic rings. The molecule has 0 unspecified atom stereocenters. The second-order valence-corrected chi connectivity index (χ2v) is 8.92. The van der Waals surface area contributed by atoms with Crippen molar-refractivity contribution < 1.29 is 26.4 Å². The lowest BCUT2D eigenvalue weighted by Gasteiger charge is -2.11. The molecule has 3 rings (SSSR count). The molecular weight excluding hydrogens is 463 g/mol. The number of halogens is 4. The first-order chi connectivity index (χ1) is 14.1. The summed E-state index contributed by atoms with van der Waals surface area (Å²) in [5.41, 5.74) is -0.504. The highest BCUT2D eigenvalue weighted by Gasteiger charge is 2.30. The molecule has 0 bridgehead atoms. The Balaban J connectivity index is 1.71. The Morgan fingerprint density at radius 3 is 2.57 bits per heavy atom. The standard InChI is InChI=1S/C18H13ClF3N3O3S2/c19-14-9-12(4-5-15(14)30(27,28)25-17-23-6-7-29-17)16(26)24-10-11-2-1-3-13(8-11)18(20,21)22/h1-9H,10H2,(H,23,25)(H,24,26). The number of hydrogen-bond acceptors (Lipinski definition) is 5. The van der Waals surface area contributed by atoms with Crippen molar-refractivity contribution in [3.05, 3.63) is 75.8 Å². The molecule has 2 aromatic carbocycles. The summed E-state index contributed by atoms with van der Waals surface area (Å²) in [5.74, 6) is -0.619. The first-order valence-corrected chi connectivity index (χ1v) is 11.0. The lowest BCUT2D eigenvalue weighted by Crippen LogP contribution is -2.23. The van der Waals surface area contributed by atoms with Crippen LogP contribution in [0.1, 0.15) is 21.5 Å². The number of thiazole rings is 1. The molecule has 0 spiro atoms. The first-order valence-electron chi connectivity index (χ1n) is 8.22. The fourth-order valence-corrected chi connectivity index (χ4v) is 4.78. The quantitative estimate of drug-likeness (QED) is 0.547. The minimum Gasteiger partial charge on any atom is -0.348 e. The van der Waals surface area contributed by atoms with Gasteiger partial charge < -0.3 is 5.32 Å². The second-order valence-electron chi connectivity index (χ2n) is 5.97. The van der Waals surface area contributed by atoms with Gasteiger partial charge >= 0.3 is 6.18 Å². The molecule has 0 saturated heterocycles. The number of benzene rings is 2. The number of alkyl halides is 3. The van der Waals surface area contributed by atoms with Crippen molar-refractivity contribution in [3.8, 4) is 0 Å². The fraction of sp³-hybridized carbons (Fsp3) is 0.111. The molecule has 6 nitrogen and oxygen atoms in total. The van der Waals surface area contributed by atoms with Crippen molar-refractivity contribution in [1.82, 2.24) is 10.3 Å². The smallest absolute Gasteiger partial charge is 0.348 e. The number of rotatable bonds is 6. The van der Waals surface area contributed by atoms with Crippen LogP contribution >= 0.6 is 22.9 Å². The van der Waals surface area contributed by atoms with Crippen LogP contribution in [0.2, 0.25) is 5.02 Å². The lowest BCUT2D eigenvalue weighted by atomic mass is 10.1. The highest BCUT2D eigenvalue weighted by Crippen LogP contribution is 2.29. The summed E-state index contributed by atoms with van der Waals surface area (Å²) < 4.78 is 65.4. The Labute approximate surface area is 178 Å². The molecule has 0 fully saturated rings. The number of nitrogens with one attached hydrogen (secondary N) is 2. The molecule has 158 valence electrons. The zero-order valence-corrected chi connectivity index (χ0v) is 17.3. The maximum Gasteiger partial charge on any atom is 0.416 e. The van der Waals surface area contributed by atoms with Crippen LogP contribution in [-0.2, 0) is 22.7 Å². The van der Waals surface area contributed by atoms with Crippen LogP contribution in [0.3, 0.4) is 0 Å². The number of amides is 1. The normalized spacial score (nSPS) is 11.9. The van der Waals surface area contributed by atoms with Crippen LogP contribution in [0.25, 0.3) is 0 Å². The number of aromatic nitrogens is 1. The second kappa shape index (κ2) is 8.62. The highest BCUT2D eigenvalue weighted by molar-refractivity contribution is 7.93. The van der Waals surface area contributed by atoms with Gasteiger partial charge in [0.2, 0.25) is 0 Å². The fourth-order valence-electron chi connectivity index (χ4n) is 2.45. The Hall–Kier alpha value is -2.63. The number of nitrogens with zero attached hydrogens (tertiary/aromatic N) is 1. The number of carbonyl (C=O) groups is 1. The first kappa shape index (κ1) is 22.1. The average molecular weight is 476 g/mol. The van der Waals surface area contributed by atoms with Crippen LogP contribution in [0, 0.1) is 0 Å². The molecule has 0 radical (unpaired) electrons. The number of anilines is 1. The highest BCUT2D eigenvalue weighted by atomic mass is 35.5. The summed E-state index contributed by atoms with van der Waals surface area (Å²) in [4.78, 5) is 15.9. The summed E-state index contributed by atoms with van der Waals surface area (Å²) in [6.07, 6.45) is -3.05. The number of hydrogen-bond donors (Lipinski definition) is 2. The largest absolute Gasteiger partial charge is 0.416 e. The molecule has 1 heterocycles. The van der Waals surface area contributed by atoms with E-state index < -0.39 is 27.7 Å². The molecule has 12 heteroatoms. The van der Waals surface area contributed by atoms with E-state index in [2.05, 4.69) is 15.0 Å². The van der Waals surface area contributed by atoms with Gasteiger partial charge in [-0.25, -0.2) is 13.4 Å². The van der Waals surface area contributed by atoms with Gasteiger partial charge in [-0.2, -0.15) is 13.2 Å². The van der Waals surface area contributed by atoms with Gasteiger partial charge in [0.05, 0.1) is 10.6 Å². The van der Waals surface area contributed by atoms with E-state index in [9.17, 15) is 26.4 Å². The third-order valence-electron chi connectivity index (χ3n) is 3.84.